The Morgan fingerprint density at radius 1 is 0.842 bits per heavy atom. The predicted molar refractivity (Wildman–Crippen MR) is 141 cm³/mol. The SMILES string of the molecule is C=CC(=O)OCOC1CCC(C(=O)Oc2ccc(OC(=O)c3ccc(OCCCCCC)cc3)cc2)CC1. The second kappa shape index (κ2) is 15.6. The normalized spacial score (nSPS) is 16.8. The van der Waals surface area contributed by atoms with Gasteiger partial charge in [0, 0.05) is 6.08 Å². The lowest BCUT2D eigenvalue weighted by Gasteiger charge is -2.27. The first kappa shape index (κ1) is 28.9. The molecule has 1 aliphatic rings. The molecule has 8 heteroatoms. The third kappa shape index (κ3) is 9.67. The van der Waals surface area contributed by atoms with Crippen LogP contribution in [0.2, 0.25) is 0 Å². The van der Waals surface area contributed by atoms with Gasteiger partial charge in [-0.1, -0.05) is 32.8 Å². The highest BCUT2D eigenvalue weighted by Crippen LogP contribution is 2.28. The molecule has 1 fully saturated rings. The highest BCUT2D eigenvalue weighted by atomic mass is 16.7. The van der Waals surface area contributed by atoms with Crippen LogP contribution in [0.1, 0.15) is 68.6 Å². The van der Waals surface area contributed by atoms with Gasteiger partial charge in [0.2, 0.25) is 0 Å². The molecule has 2 aromatic rings. The number of rotatable bonds is 14. The monoisotopic (exact) mass is 524 g/mol. The zero-order chi connectivity index (χ0) is 27.2. The van der Waals surface area contributed by atoms with Crippen LogP contribution >= 0.6 is 0 Å². The second-order valence-electron chi connectivity index (χ2n) is 9.14. The van der Waals surface area contributed by atoms with Crippen molar-refractivity contribution in [3.8, 4) is 17.2 Å². The van der Waals surface area contributed by atoms with E-state index in [1.54, 1.807) is 48.5 Å². The number of carbonyl (C=O) groups excluding carboxylic acids is 3. The van der Waals surface area contributed by atoms with Gasteiger partial charge in [0.05, 0.1) is 24.2 Å². The fraction of sp³-hybridized carbons (Fsp3) is 0.433. The van der Waals surface area contributed by atoms with Crippen LogP contribution in [0.15, 0.2) is 61.2 Å². The molecule has 0 atom stereocenters. The summed E-state index contributed by atoms with van der Waals surface area (Å²) in [6, 6.07) is 13.2. The first-order valence-electron chi connectivity index (χ1n) is 13.2. The summed E-state index contributed by atoms with van der Waals surface area (Å²) in [6.45, 7) is 6.03. The zero-order valence-electron chi connectivity index (χ0n) is 21.9. The molecule has 3 rings (SSSR count). The maximum Gasteiger partial charge on any atom is 0.343 e. The Hall–Kier alpha value is -3.65. The standard InChI is InChI=1S/C30H36O8/c1-3-5-6-7-20-34-24-12-8-22(9-13-24)29(32)37-26-16-18-27(19-17-26)38-30(33)23-10-14-25(15-11-23)35-21-36-28(31)4-2/h4,8-9,12-13,16-19,23,25H,2-3,5-7,10-11,14-15,20-21H2,1H3. The Balaban J connectivity index is 1.39. The Morgan fingerprint density at radius 2 is 1.47 bits per heavy atom. The van der Waals surface area contributed by atoms with E-state index in [0.29, 0.717) is 49.4 Å². The van der Waals surface area contributed by atoms with Crippen LogP contribution in [-0.2, 0) is 19.1 Å². The zero-order valence-corrected chi connectivity index (χ0v) is 21.9. The Labute approximate surface area is 223 Å². The molecule has 1 aliphatic carbocycles. The molecule has 0 amide bonds. The Morgan fingerprint density at radius 3 is 2.11 bits per heavy atom. The van der Waals surface area contributed by atoms with Crippen molar-refractivity contribution in [3.63, 3.8) is 0 Å². The summed E-state index contributed by atoms with van der Waals surface area (Å²) < 4.78 is 27.0. The molecule has 0 saturated heterocycles. The van der Waals surface area contributed by atoms with Crippen LogP contribution in [0, 0.1) is 5.92 Å². The molecule has 0 N–H and O–H groups in total. The molecule has 0 spiro atoms. The highest BCUT2D eigenvalue weighted by molar-refractivity contribution is 5.91. The Bertz CT molecular complexity index is 1040. The number of unbranched alkanes of at least 4 members (excludes halogenated alkanes) is 3. The average molecular weight is 525 g/mol. The summed E-state index contributed by atoms with van der Waals surface area (Å²) >= 11 is 0. The molecule has 38 heavy (non-hydrogen) atoms. The van der Waals surface area contributed by atoms with Gasteiger partial charge in [0.1, 0.15) is 17.2 Å². The number of ether oxygens (including phenoxy) is 5. The average Bonchev–Trinajstić information content (AvgIpc) is 2.94. The summed E-state index contributed by atoms with van der Waals surface area (Å²) in [7, 11) is 0. The van der Waals surface area contributed by atoms with Crippen molar-refractivity contribution >= 4 is 17.9 Å². The minimum absolute atomic E-state index is 0.0649. The molecule has 2 aromatic carbocycles. The summed E-state index contributed by atoms with van der Waals surface area (Å²) in [6.07, 6.45) is 8.15. The number of hydrogen-bond donors (Lipinski definition) is 0. The first-order valence-corrected chi connectivity index (χ1v) is 13.2. The molecule has 0 radical (unpaired) electrons. The van der Waals surface area contributed by atoms with E-state index < -0.39 is 11.9 Å². The van der Waals surface area contributed by atoms with Crippen LogP contribution in [0.25, 0.3) is 0 Å². The fourth-order valence-electron chi connectivity index (χ4n) is 4.06. The number of hydrogen-bond acceptors (Lipinski definition) is 8. The van der Waals surface area contributed by atoms with Gasteiger partial charge in [0.25, 0.3) is 0 Å². The van der Waals surface area contributed by atoms with Crippen LogP contribution in [0.4, 0.5) is 0 Å². The van der Waals surface area contributed by atoms with Gasteiger partial charge in [-0.05, 0) is 80.6 Å². The summed E-state index contributed by atoms with van der Waals surface area (Å²) in [5.74, 6) is -0.103. The molecule has 204 valence electrons. The van der Waals surface area contributed by atoms with Gasteiger partial charge >= 0.3 is 17.9 Å². The van der Waals surface area contributed by atoms with Crippen molar-refractivity contribution in [2.24, 2.45) is 5.92 Å². The van der Waals surface area contributed by atoms with Crippen LogP contribution in [0.3, 0.4) is 0 Å². The maximum absolute atomic E-state index is 12.6. The van der Waals surface area contributed by atoms with Crippen molar-refractivity contribution in [1.29, 1.82) is 0 Å². The van der Waals surface area contributed by atoms with Gasteiger partial charge < -0.3 is 23.7 Å². The molecule has 0 aromatic heterocycles. The van der Waals surface area contributed by atoms with Gasteiger partial charge in [-0.15, -0.1) is 0 Å². The highest BCUT2D eigenvalue weighted by Gasteiger charge is 2.28. The first-order chi connectivity index (χ1) is 18.5. The number of carbonyl (C=O) groups is 3. The molecule has 0 bridgehead atoms. The lowest BCUT2D eigenvalue weighted by atomic mass is 9.87. The minimum atomic E-state index is -0.532. The van der Waals surface area contributed by atoms with Crippen LogP contribution < -0.4 is 14.2 Å². The van der Waals surface area contributed by atoms with E-state index in [1.165, 1.54) is 12.8 Å². The lowest BCUT2D eigenvalue weighted by Crippen LogP contribution is -2.29. The second-order valence-corrected chi connectivity index (χ2v) is 9.14. The van der Waals surface area contributed by atoms with Crippen molar-refractivity contribution in [1.82, 2.24) is 0 Å². The summed E-state index contributed by atoms with van der Waals surface area (Å²) in [5.41, 5.74) is 0.414. The Kier molecular flexibility index (Phi) is 11.8. The van der Waals surface area contributed by atoms with Crippen molar-refractivity contribution in [3.05, 3.63) is 66.7 Å². The molecule has 0 aliphatic heterocycles. The van der Waals surface area contributed by atoms with Gasteiger partial charge in [-0.25, -0.2) is 9.59 Å². The van der Waals surface area contributed by atoms with E-state index in [2.05, 4.69) is 13.5 Å². The van der Waals surface area contributed by atoms with E-state index >= 15 is 0 Å². The molecule has 0 heterocycles. The summed E-state index contributed by atoms with van der Waals surface area (Å²) in [4.78, 5) is 36.1. The van der Waals surface area contributed by atoms with Crippen LogP contribution in [-0.4, -0.2) is 37.4 Å². The third-order valence-corrected chi connectivity index (χ3v) is 6.29. The van der Waals surface area contributed by atoms with E-state index in [9.17, 15) is 14.4 Å². The minimum Gasteiger partial charge on any atom is -0.494 e. The molecule has 0 unspecified atom stereocenters. The van der Waals surface area contributed by atoms with E-state index in [4.69, 9.17) is 23.7 Å². The van der Waals surface area contributed by atoms with Crippen molar-refractivity contribution < 1.29 is 38.1 Å². The van der Waals surface area contributed by atoms with Gasteiger partial charge in [-0.3, -0.25) is 4.79 Å². The number of benzene rings is 2. The lowest BCUT2D eigenvalue weighted by molar-refractivity contribution is -0.157. The van der Waals surface area contributed by atoms with Crippen LogP contribution in [0.5, 0.6) is 17.2 Å². The molecular formula is C30H36O8. The van der Waals surface area contributed by atoms with Gasteiger partial charge in [-0.2, -0.15) is 0 Å². The van der Waals surface area contributed by atoms with E-state index in [-0.39, 0.29) is 24.8 Å². The predicted octanol–water partition coefficient (Wildman–Crippen LogP) is 6.03. The van der Waals surface area contributed by atoms with E-state index in [0.717, 1.165) is 24.7 Å². The van der Waals surface area contributed by atoms with Crippen molar-refractivity contribution in [2.45, 2.75) is 64.4 Å². The number of esters is 3. The maximum atomic E-state index is 12.6. The largest absolute Gasteiger partial charge is 0.494 e. The third-order valence-electron chi connectivity index (χ3n) is 6.29. The quantitative estimate of drug-likeness (QED) is 0.0971. The topological polar surface area (TPSA) is 97.4 Å². The van der Waals surface area contributed by atoms with E-state index in [1.807, 2.05) is 0 Å². The summed E-state index contributed by atoms with van der Waals surface area (Å²) in [5, 5.41) is 0. The van der Waals surface area contributed by atoms with Crippen molar-refractivity contribution in [2.75, 3.05) is 13.4 Å². The smallest absolute Gasteiger partial charge is 0.343 e. The molecule has 1 saturated carbocycles. The molecule has 8 nitrogen and oxygen atoms in total. The van der Waals surface area contributed by atoms with Gasteiger partial charge in [0.15, 0.2) is 6.79 Å². The fourth-order valence-corrected chi connectivity index (χ4v) is 4.06. The molecular weight excluding hydrogens is 488 g/mol.